The van der Waals surface area contributed by atoms with Gasteiger partial charge in [0.25, 0.3) is 0 Å². The molecule has 0 spiro atoms. The minimum Gasteiger partial charge on any atom is -0.372 e. The zero-order valence-electron chi connectivity index (χ0n) is 14.7. The number of nitriles is 5. The highest BCUT2D eigenvalue weighted by atomic mass is 15.2. The number of rotatable bonds is 3. The lowest BCUT2D eigenvalue weighted by atomic mass is 9.87. The van der Waals surface area contributed by atoms with E-state index in [-0.39, 0.29) is 11.3 Å². The van der Waals surface area contributed by atoms with Gasteiger partial charge in [-0.1, -0.05) is 30.3 Å². The second-order valence-corrected chi connectivity index (χ2v) is 6.79. The summed E-state index contributed by atoms with van der Waals surface area (Å²) in [5.74, 6) is -0.708. The van der Waals surface area contributed by atoms with Gasteiger partial charge in [0.05, 0.1) is 23.9 Å². The molecule has 130 valence electrons. The maximum Gasteiger partial charge on any atom is 0.177 e. The van der Waals surface area contributed by atoms with E-state index in [0.29, 0.717) is 18.7 Å². The number of piperidine rings is 1. The van der Waals surface area contributed by atoms with E-state index in [4.69, 9.17) is 0 Å². The summed E-state index contributed by atoms with van der Waals surface area (Å²) in [6, 6.07) is 19.0. The van der Waals surface area contributed by atoms with E-state index in [2.05, 4.69) is 18.2 Å². The van der Waals surface area contributed by atoms with Gasteiger partial charge in [0.2, 0.25) is 0 Å². The second-order valence-electron chi connectivity index (χ2n) is 6.79. The molecule has 2 fully saturated rings. The van der Waals surface area contributed by atoms with E-state index in [1.165, 1.54) is 0 Å². The first-order chi connectivity index (χ1) is 13.2. The summed E-state index contributed by atoms with van der Waals surface area (Å²) in [6.45, 7) is 1.19. The Balaban J connectivity index is 2.29. The third-order valence-electron chi connectivity index (χ3n) is 5.57. The van der Waals surface area contributed by atoms with Gasteiger partial charge in [-0.25, -0.2) is 0 Å². The Morgan fingerprint density at radius 3 is 1.93 bits per heavy atom. The molecule has 6 nitrogen and oxygen atoms in total. The van der Waals surface area contributed by atoms with Gasteiger partial charge < -0.3 is 4.90 Å². The Labute approximate surface area is 158 Å². The van der Waals surface area contributed by atoms with E-state index in [1.54, 1.807) is 24.3 Å². The molecule has 1 aliphatic carbocycles. The second kappa shape index (κ2) is 6.84. The molecule has 0 bridgehead atoms. The molecule has 0 radical (unpaired) electrons. The maximum absolute atomic E-state index is 10.2. The molecular formula is C21H16N6. The van der Waals surface area contributed by atoms with Crippen molar-refractivity contribution in [2.75, 3.05) is 13.1 Å². The highest BCUT2D eigenvalue weighted by Crippen LogP contribution is 2.77. The van der Waals surface area contributed by atoms with Crippen molar-refractivity contribution in [2.45, 2.75) is 25.2 Å². The van der Waals surface area contributed by atoms with Gasteiger partial charge in [0, 0.05) is 19.0 Å². The minimum absolute atomic E-state index is 0.188. The molecule has 27 heavy (non-hydrogen) atoms. The standard InChI is InChI=1S/C21H16N6/c22-11-17(12-23)19(27-9-5-2-6-10-27)21(15-26)18(20(21,13-24)14-25)16-7-3-1-4-8-16/h1,3-4,7-8,18H,2,5-6,9-10H2/t18-,21-/m1/s1. The van der Waals surface area contributed by atoms with Gasteiger partial charge in [0.1, 0.15) is 17.6 Å². The predicted octanol–water partition coefficient (Wildman–Crippen LogP) is 3.11. The predicted molar refractivity (Wildman–Crippen MR) is 94.6 cm³/mol. The van der Waals surface area contributed by atoms with Crippen LogP contribution in [0.25, 0.3) is 0 Å². The van der Waals surface area contributed by atoms with Gasteiger partial charge in [-0.3, -0.25) is 0 Å². The van der Waals surface area contributed by atoms with Gasteiger partial charge in [-0.05, 0) is 24.8 Å². The summed E-state index contributed by atoms with van der Waals surface area (Å²) >= 11 is 0. The van der Waals surface area contributed by atoms with Crippen LogP contribution in [0.2, 0.25) is 0 Å². The van der Waals surface area contributed by atoms with Gasteiger partial charge in [-0.2, -0.15) is 26.3 Å². The summed E-state index contributed by atoms with van der Waals surface area (Å²) in [7, 11) is 0. The van der Waals surface area contributed by atoms with Crippen LogP contribution >= 0.6 is 0 Å². The number of hydrogen-bond acceptors (Lipinski definition) is 6. The molecule has 1 saturated heterocycles. The number of benzene rings is 1. The molecule has 0 amide bonds. The van der Waals surface area contributed by atoms with E-state index < -0.39 is 16.7 Å². The summed E-state index contributed by atoms with van der Waals surface area (Å²) in [4.78, 5) is 1.86. The van der Waals surface area contributed by atoms with Crippen LogP contribution < -0.4 is 0 Å². The van der Waals surface area contributed by atoms with Crippen LogP contribution in [0.1, 0.15) is 30.7 Å². The Hall–Kier alpha value is -3.79. The molecule has 1 saturated carbocycles. The quantitative estimate of drug-likeness (QED) is 0.770. The monoisotopic (exact) mass is 352 g/mol. The molecule has 2 atom stereocenters. The van der Waals surface area contributed by atoms with Crippen molar-refractivity contribution in [3.63, 3.8) is 0 Å². The van der Waals surface area contributed by atoms with Gasteiger partial charge >= 0.3 is 0 Å². The number of nitrogens with zero attached hydrogens (tertiary/aromatic N) is 6. The van der Waals surface area contributed by atoms with Gasteiger partial charge in [-0.15, -0.1) is 0 Å². The molecule has 1 aliphatic heterocycles. The highest BCUT2D eigenvalue weighted by Gasteiger charge is 2.83. The van der Waals surface area contributed by atoms with Crippen LogP contribution in [-0.2, 0) is 0 Å². The van der Waals surface area contributed by atoms with Crippen LogP contribution in [0.15, 0.2) is 41.6 Å². The molecule has 0 aromatic heterocycles. The van der Waals surface area contributed by atoms with Crippen molar-refractivity contribution in [3.05, 3.63) is 47.2 Å². The summed E-state index contributed by atoms with van der Waals surface area (Å²) in [5.41, 5.74) is -2.42. The van der Waals surface area contributed by atoms with Crippen LogP contribution in [0.3, 0.4) is 0 Å². The lowest BCUT2D eigenvalue weighted by molar-refractivity contribution is 0.254. The van der Waals surface area contributed by atoms with Crippen LogP contribution in [0.5, 0.6) is 0 Å². The third-order valence-corrected chi connectivity index (χ3v) is 5.57. The molecular weight excluding hydrogens is 336 g/mol. The highest BCUT2D eigenvalue weighted by molar-refractivity contribution is 5.63. The summed E-state index contributed by atoms with van der Waals surface area (Å²) in [5, 5.41) is 49.1. The number of allylic oxidation sites excluding steroid dienone is 2. The summed E-state index contributed by atoms with van der Waals surface area (Å²) < 4.78 is 0. The lowest BCUT2D eigenvalue weighted by Gasteiger charge is -2.34. The number of likely N-dealkylation sites (tertiary alicyclic amines) is 1. The Kier molecular flexibility index (Phi) is 4.57. The fraction of sp³-hybridized carbons (Fsp3) is 0.381. The fourth-order valence-corrected chi connectivity index (χ4v) is 4.33. The smallest absolute Gasteiger partial charge is 0.177 e. The van der Waals surface area contributed by atoms with E-state index >= 15 is 0 Å². The third kappa shape index (κ3) is 2.34. The molecule has 2 aliphatic rings. The Bertz CT molecular complexity index is 953. The molecule has 0 unspecified atom stereocenters. The zero-order chi connectivity index (χ0) is 19.5. The molecule has 0 N–H and O–H groups in total. The van der Waals surface area contributed by atoms with Crippen LogP contribution in [-0.4, -0.2) is 18.0 Å². The Morgan fingerprint density at radius 1 is 0.852 bits per heavy atom. The van der Waals surface area contributed by atoms with Gasteiger partial charge in [0.15, 0.2) is 11.0 Å². The van der Waals surface area contributed by atoms with Crippen molar-refractivity contribution in [1.29, 1.82) is 26.3 Å². The van der Waals surface area contributed by atoms with E-state index in [0.717, 1.165) is 19.3 Å². The van der Waals surface area contributed by atoms with Crippen LogP contribution in [0.4, 0.5) is 0 Å². The normalized spacial score (nSPS) is 24.9. The molecule has 1 aromatic rings. The minimum atomic E-state index is -1.63. The number of hydrogen-bond donors (Lipinski definition) is 0. The molecule has 1 aromatic carbocycles. The largest absolute Gasteiger partial charge is 0.372 e. The SMILES string of the molecule is N#CC(C#N)=C(N1CCCCC1)[C@@]1(C#N)[C@H](c2ccccc2)C1(C#N)C#N. The van der Waals surface area contributed by atoms with E-state index in [9.17, 15) is 26.3 Å². The van der Waals surface area contributed by atoms with Crippen molar-refractivity contribution in [3.8, 4) is 30.3 Å². The first-order valence-electron chi connectivity index (χ1n) is 8.75. The van der Waals surface area contributed by atoms with Crippen molar-refractivity contribution < 1.29 is 0 Å². The van der Waals surface area contributed by atoms with Crippen molar-refractivity contribution in [1.82, 2.24) is 4.90 Å². The molecule has 6 heteroatoms. The van der Waals surface area contributed by atoms with Crippen molar-refractivity contribution >= 4 is 0 Å². The zero-order valence-corrected chi connectivity index (χ0v) is 14.7. The first kappa shape index (κ1) is 18.0. The maximum atomic E-state index is 10.2. The first-order valence-corrected chi connectivity index (χ1v) is 8.75. The van der Waals surface area contributed by atoms with E-state index in [1.807, 2.05) is 23.1 Å². The Morgan fingerprint density at radius 2 is 1.44 bits per heavy atom. The van der Waals surface area contributed by atoms with Crippen LogP contribution in [0, 0.1) is 67.5 Å². The average molecular weight is 352 g/mol. The average Bonchev–Trinajstić information content (AvgIpc) is 3.35. The lowest BCUT2D eigenvalue weighted by Crippen LogP contribution is -2.35. The molecule has 3 rings (SSSR count). The summed E-state index contributed by atoms with van der Waals surface area (Å²) in [6.07, 6.45) is 2.77. The van der Waals surface area contributed by atoms with Crippen molar-refractivity contribution in [2.24, 2.45) is 10.8 Å². The fourth-order valence-electron chi connectivity index (χ4n) is 4.33. The topological polar surface area (TPSA) is 122 Å². The molecule has 1 heterocycles.